The first kappa shape index (κ1) is 13.1. The predicted octanol–water partition coefficient (Wildman–Crippen LogP) is 0.482. The van der Waals surface area contributed by atoms with Crippen LogP contribution < -0.4 is 0 Å². The number of allylic oxidation sites excluding steroid dienone is 3. The highest BCUT2D eigenvalue weighted by Crippen LogP contribution is 1.81. The smallest absolute Gasteiger partial charge is 0.0960 e. The second-order valence-electron chi connectivity index (χ2n) is 2.40. The van der Waals surface area contributed by atoms with E-state index >= 15 is 0 Å². The lowest BCUT2D eigenvalue weighted by atomic mass is 10.3. The number of aliphatic hydroxyl groups is 2. The average molecular weight is 200 g/mol. The van der Waals surface area contributed by atoms with E-state index in [-0.39, 0.29) is 6.61 Å². The van der Waals surface area contributed by atoms with E-state index in [1.165, 1.54) is 12.2 Å². The van der Waals surface area contributed by atoms with Gasteiger partial charge in [0, 0.05) is 0 Å². The summed E-state index contributed by atoms with van der Waals surface area (Å²) < 4.78 is 0. The molecule has 0 bridgehead atoms. The highest BCUT2D eigenvalue weighted by Gasteiger charge is 1.90. The van der Waals surface area contributed by atoms with Crippen LogP contribution in [0.4, 0.5) is 0 Å². The van der Waals surface area contributed by atoms with Crippen molar-refractivity contribution in [2.45, 2.75) is 13.0 Å². The second-order valence-corrected chi connectivity index (χ2v) is 2.40. The van der Waals surface area contributed by atoms with E-state index in [0.717, 1.165) is 0 Å². The fraction of sp³-hybridized carbons (Fsp3) is 0.231. The van der Waals surface area contributed by atoms with E-state index in [0.29, 0.717) is 0 Å². The first-order valence-corrected chi connectivity index (χ1v) is 4.39. The summed E-state index contributed by atoms with van der Waals surface area (Å²) in [7, 11) is 0. The minimum atomic E-state index is -0.859. The Morgan fingerprint density at radius 1 is 1.07 bits per heavy atom. The number of aliphatic hydroxyl groups excluding tert-OH is 2. The van der Waals surface area contributed by atoms with Gasteiger partial charge in [-0.3, -0.25) is 0 Å². The van der Waals surface area contributed by atoms with Crippen LogP contribution in [0.15, 0.2) is 24.3 Å². The number of hydrogen-bond donors (Lipinski definition) is 2. The quantitative estimate of drug-likeness (QED) is 0.637. The largest absolute Gasteiger partial charge is 0.393 e. The van der Waals surface area contributed by atoms with Gasteiger partial charge in [0.05, 0.1) is 12.7 Å². The summed E-state index contributed by atoms with van der Waals surface area (Å²) in [5.41, 5.74) is 0. The summed E-state index contributed by atoms with van der Waals surface area (Å²) in [5, 5.41) is 17.3. The molecule has 2 N–H and O–H groups in total. The Labute approximate surface area is 90.3 Å². The third-order valence-electron chi connectivity index (χ3n) is 1.17. The van der Waals surface area contributed by atoms with Gasteiger partial charge in [-0.1, -0.05) is 17.9 Å². The molecule has 1 unspecified atom stereocenters. The molecule has 0 aromatic carbocycles. The van der Waals surface area contributed by atoms with Crippen LogP contribution >= 0.6 is 0 Å². The van der Waals surface area contributed by atoms with E-state index in [9.17, 15) is 0 Å². The van der Waals surface area contributed by atoms with Crippen molar-refractivity contribution in [3.8, 4) is 35.5 Å². The van der Waals surface area contributed by atoms with Gasteiger partial charge in [-0.25, -0.2) is 0 Å². The monoisotopic (exact) mass is 200 g/mol. The van der Waals surface area contributed by atoms with E-state index in [1.54, 1.807) is 6.08 Å². The summed E-state index contributed by atoms with van der Waals surface area (Å²) >= 11 is 0. The van der Waals surface area contributed by atoms with Crippen molar-refractivity contribution < 1.29 is 10.2 Å². The van der Waals surface area contributed by atoms with Crippen LogP contribution in [-0.2, 0) is 0 Å². The SMILES string of the molecule is C/C=C\C#CC#CC#C/C=C/C(O)CO. The molecule has 1 atom stereocenters. The molecule has 2 nitrogen and oxygen atoms in total. The molecule has 0 amide bonds. The number of hydrogen-bond acceptors (Lipinski definition) is 2. The fourth-order valence-electron chi connectivity index (χ4n) is 0.521. The lowest BCUT2D eigenvalue weighted by molar-refractivity contribution is 0.131. The van der Waals surface area contributed by atoms with Crippen molar-refractivity contribution in [1.29, 1.82) is 0 Å². The molecule has 0 rings (SSSR count). The van der Waals surface area contributed by atoms with Gasteiger partial charge in [-0.05, 0) is 48.8 Å². The van der Waals surface area contributed by atoms with E-state index in [4.69, 9.17) is 10.2 Å². The molecule has 0 fully saturated rings. The average Bonchev–Trinajstić information content (AvgIpc) is 2.26. The van der Waals surface area contributed by atoms with Crippen molar-refractivity contribution in [2.75, 3.05) is 6.61 Å². The Morgan fingerprint density at radius 3 is 2.20 bits per heavy atom. The van der Waals surface area contributed by atoms with Crippen LogP contribution in [0.1, 0.15) is 6.92 Å². The molecule has 0 radical (unpaired) electrons. The molecule has 0 aliphatic carbocycles. The lowest BCUT2D eigenvalue weighted by Gasteiger charge is -1.94. The summed E-state index contributed by atoms with van der Waals surface area (Å²) in [6, 6.07) is 0. The highest BCUT2D eigenvalue weighted by molar-refractivity contribution is 5.39. The fourth-order valence-corrected chi connectivity index (χ4v) is 0.521. The van der Waals surface area contributed by atoms with Gasteiger partial charge in [-0.2, -0.15) is 0 Å². The van der Waals surface area contributed by atoms with Crippen LogP contribution in [-0.4, -0.2) is 22.9 Å². The Kier molecular flexibility index (Phi) is 8.86. The highest BCUT2D eigenvalue weighted by atomic mass is 16.3. The Bertz CT molecular complexity index is 397. The van der Waals surface area contributed by atoms with E-state index in [2.05, 4.69) is 35.5 Å². The zero-order chi connectivity index (χ0) is 11.4. The van der Waals surface area contributed by atoms with Gasteiger partial charge < -0.3 is 10.2 Å². The van der Waals surface area contributed by atoms with Gasteiger partial charge in [0.2, 0.25) is 0 Å². The zero-order valence-electron chi connectivity index (χ0n) is 8.49. The van der Waals surface area contributed by atoms with Crippen molar-refractivity contribution in [1.82, 2.24) is 0 Å². The third-order valence-corrected chi connectivity index (χ3v) is 1.17. The van der Waals surface area contributed by atoms with E-state index < -0.39 is 6.10 Å². The Hall–Kier alpha value is -1.92. The maximum atomic E-state index is 8.89. The number of rotatable bonds is 2. The minimum absolute atomic E-state index is 0.307. The van der Waals surface area contributed by atoms with Crippen molar-refractivity contribution >= 4 is 0 Å². The maximum Gasteiger partial charge on any atom is 0.0960 e. The van der Waals surface area contributed by atoms with Crippen molar-refractivity contribution in [3.05, 3.63) is 24.3 Å². The zero-order valence-corrected chi connectivity index (χ0v) is 8.49. The molecule has 0 saturated heterocycles. The van der Waals surface area contributed by atoms with E-state index in [1.807, 2.05) is 13.0 Å². The topological polar surface area (TPSA) is 40.5 Å². The minimum Gasteiger partial charge on any atom is -0.393 e. The summed E-state index contributed by atoms with van der Waals surface area (Å²) in [6.45, 7) is 1.57. The Balaban J connectivity index is 4.01. The Morgan fingerprint density at radius 2 is 1.67 bits per heavy atom. The molecular formula is C13H12O2. The van der Waals surface area contributed by atoms with Crippen molar-refractivity contribution in [3.63, 3.8) is 0 Å². The normalized spacial score (nSPS) is 10.9. The molecule has 0 spiro atoms. The summed E-state index contributed by atoms with van der Waals surface area (Å²) in [5.74, 6) is 15.4. The predicted molar refractivity (Wildman–Crippen MR) is 60.4 cm³/mol. The van der Waals surface area contributed by atoms with Gasteiger partial charge in [0.1, 0.15) is 0 Å². The molecule has 0 aliphatic rings. The van der Waals surface area contributed by atoms with Gasteiger partial charge in [-0.15, -0.1) is 0 Å². The van der Waals surface area contributed by atoms with Gasteiger partial charge in [0.25, 0.3) is 0 Å². The first-order valence-electron chi connectivity index (χ1n) is 4.39. The lowest BCUT2D eigenvalue weighted by Crippen LogP contribution is -2.06. The van der Waals surface area contributed by atoms with Gasteiger partial charge in [0.15, 0.2) is 0 Å². The molecule has 0 heterocycles. The summed E-state index contributed by atoms with van der Waals surface area (Å²) in [4.78, 5) is 0. The van der Waals surface area contributed by atoms with Gasteiger partial charge >= 0.3 is 0 Å². The maximum absolute atomic E-state index is 8.89. The molecule has 0 aromatic heterocycles. The van der Waals surface area contributed by atoms with Crippen LogP contribution in [0.25, 0.3) is 0 Å². The molecule has 0 aromatic rings. The first-order chi connectivity index (χ1) is 7.31. The van der Waals surface area contributed by atoms with Crippen molar-refractivity contribution in [2.24, 2.45) is 0 Å². The molecule has 15 heavy (non-hydrogen) atoms. The molecule has 0 saturated carbocycles. The second kappa shape index (κ2) is 10.2. The molecular weight excluding hydrogens is 188 g/mol. The molecule has 2 heteroatoms. The third kappa shape index (κ3) is 10.00. The van der Waals surface area contributed by atoms with Crippen LogP contribution in [0.3, 0.4) is 0 Å². The standard InChI is InChI=1S/C13H12O2/c1-2-3-4-5-6-7-8-9-10-11-13(15)12-14/h2-3,10-11,13-15H,12H2,1H3/b3-2-,11-10+. The summed E-state index contributed by atoms with van der Waals surface area (Å²) in [6.07, 6.45) is 5.48. The van der Waals surface area contributed by atoms with Crippen LogP contribution in [0, 0.1) is 35.5 Å². The molecule has 0 aliphatic heterocycles. The van der Waals surface area contributed by atoms with Crippen LogP contribution in [0.2, 0.25) is 0 Å². The molecule has 76 valence electrons. The van der Waals surface area contributed by atoms with Crippen LogP contribution in [0.5, 0.6) is 0 Å².